The van der Waals surface area contributed by atoms with E-state index in [-0.39, 0.29) is 30.1 Å². The average Bonchev–Trinajstić information content (AvgIpc) is 2.65. The van der Waals surface area contributed by atoms with Gasteiger partial charge in [-0.2, -0.15) is 0 Å². The Morgan fingerprint density at radius 3 is 2.41 bits per heavy atom. The van der Waals surface area contributed by atoms with Crippen LogP contribution < -0.4 is 15.0 Å². The Kier molecular flexibility index (Phi) is 7.73. The molecule has 1 aromatic carbocycles. The van der Waals surface area contributed by atoms with Gasteiger partial charge >= 0.3 is 5.97 Å². The van der Waals surface area contributed by atoms with Gasteiger partial charge in [-0.3, -0.25) is 4.79 Å². The van der Waals surface area contributed by atoms with E-state index in [0.717, 1.165) is 36.6 Å². The Morgan fingerprint density at radius 2 is 1.79 bits per heavy atom. The van der Waals surface area contributed by atoms with Gasteiger partial charge in [-0.05, 0) is 44.7 Å². The number of nitrogens with one attached hydrogen (secondary N) is 1. The van der Waals surface area contributed by atoms with Crippen molar-refractivity contribution < 1.29 is 18.3 Å². The third-order valence-corrected chi connectivity index (χ3v) is 4.80. The molecule has 0 amide bonds. The first-order valence-electron chi connectivity index (χ1n) is 9.28. The molecule has 9 heteroatoms. The van der Waals surface area contributed by atoms with E-state index in [2.05, 4.69) is 15.3 Å². The van der Waals surface area contributed by atoms with Gasteiger partial charge in [-0.15, -0.1) is 12.4 Å². The van der Waals surface area contributed by atoms with E-state index < -0.39 is 17.6 Å². The molecule has 0 radical (unpaired) electrons. The van der Waals surface area contributed by atoms with E-state index in [9.17, 15) is 13.6 Å². The smallest absolute Gasteiger partial charge is 0.314 e. The highest BCUT2D eigenvalue weighted by molar-refractivity contribution is 5.85. The predicted molar refractivity (Wildman–Crippen MR) is 110 cm³/mol. The van der Waals surface area contributed by atoms with Gasteiger partial charge in [0.2, 0.25) is 0 Å². The van der Waals surface area contributed by atoms with Crippen molar-refractivity contribution in [3.8, 4) is 5.75 Å². The highest BCUT2D eigenvalue weighted by atomic mass is 35.5. The Labute approximate surface area is 175 Å². The Balaban J connectivity index is 0.00000300. The summed E-state index contributed by atoms with van der Waals surface area (Å²) in [5, 5.41) is 3.42. The highest BCUT2D eigenvalue weighted by Gasteiger charge is 2.28. The van der Waals surface area contributed by atoms with Crippen LogP contribution in [0.1, 0.15) is 31.5 Å². The Hall–Kier alpha value is -2.48. The normalized spacial score (nSPS) is 18.5. The van der Waals surface area contributed by atoms with Gasteiger partial charge in [0, 0.05) is 32.3 Å². The average molecular weight is 427 g/mol. The predicted octanol–water partition coefficient (Wildman–Crippen LogP) is 4.13. The fraction of sp³-hybridized carbons (Fsp3) is 0.450. The van der Waals surface area contributed by atoms with Gasteiger partial charge in [0.25, 0.3) is 0 Å². The third-order valence-electron chi connectivity index (χ3n) is 4.80. The second kappa shape index (κ2) is 9.82. The van der Waals surface area contributed by atoms with Gasteiger partial charge in [0.15, 0.2) is 11.6 Å². The summed E-state index contributed by atoms with van der Waals surface area (Å²) in [4.78, 5) is 23.0. The summed E-state index contributed by atoms with van der Waals surface area (Å²) in [5.41, 5.74) is 0. The van der Waals surface area contributed by atoms with Crippen LogP contribution in [0, 0.1) is 24.5 Å². The molecule has 1 aliphatic carbocycles. The van der Waals surface area contributed by atoms with Gasteiger partial charge < -0.3 is 15.0 Å². The molecular formula is C20H25ClF2N4O2. The van der Waals surface area contributed by atoms with Crippen molar-refractivity contribution in [3.63, 3.8) is 0 Å². The number of benzene rings is 1. The first kappa shape index (κ1) is 22.8. The van der Waals surface area contributed by atoms with Crippen molar-refractivity contribution in [3.05, 3.63) is 41.7 Å². The van der Waals surface area contributed by atoms with E-state index in [4.69, 9.17) is 4.74 Å². The third kappa shape index (κ3) is 6.00. The van der Waals surface area contributed by atoms with Crippen LogP contribution in [0.5, 0.6) is 5.75 Å². The number of hydrogen-bond donors (Lipinski definition) is 1. The largest absolute Gasteiger partial charge is 0.426 e. The van der Waals surface area contributed by atoms with Crippen LogP contribution >= 0.6 is 12.4 Å². The molecule has 1 fully saturated rings. The number of nitrogens with zero attached hydrogens (tertiary/aromatic N) is 3. The van der Waals surface area contributed by atoms with Crippen LogP contribution in [0.3, 0.4) is 0 Å². The molecule has 1 aromatic heterocycles. The number of carbonyl (C=O) groups excluding carboxylic acids is 1. The molecule has 29 heavy (non-hydrogen) atoms. The maximum Gasteiger partial charge on any atom is 0.314 e. The molecule has 6 nitrogen and oxygen atoms in total. The molecular weight excluding hydrogens is 402 g/mol. The molecule has 158 valence electrons. The summed E-state index contributed by atoms with van der Waals surface area (Å²) >= 11 is 0. The molecule has 0 spiro atoms. The number of anilines is 2. The molecule has 0 unspecified atom stereocenters. The van der Waals surface area contributed by atoms with Crippen molar-refractivity contribution in [2.45, 2.75) is 38.6 Å². The highest BCUT2D eigenvalue weighted by Crippen LogP contribution is 2.28. The molecule has 3 rings (SSSR count). The van der Waals surface area contributed by atoms with Crippen molar-refractivity contribution in [2.75, 3.05) is 24.3 Å². The molecule has 1 saturated carbocycles. The summed E-state index contributed by atoms with van der Waals surface area (Å²) in [6.07, 6.45) is 2.89. The number of hydrogen-bond acceptors (Lipinski definition) is 6. The number of aromatic nitrogens is 2. The fourth-order valence-corrected chi connectivity index (χ4v) is 3.28. The first-order valence-corrected chi connectivity index (χ1v) is 9.28. The minimum atomic E-state index is -1.03. The SMILES string of the molecule is Cc1nc(NC2CCC(C(=O)Oc3ccc(F)c(F)c3)CC2)cc(N(C)C)n1.Cl. The second-order valence-corrected chi connectivity index (χ2v) is 7.24. The van der Waals surface area contributed by atoms with Crippen molar-refractivity contribution in [1.29, 1.82) is 0 Å². The summed E-state index contributed by atoms with van der Waals surface area (Å²) in [5.74, 6) is -0.343. The second-order valence-electron chi connectivity index (χ2n) is 7.24. The molecule has 1 aliphatic rings. The van der Waals surface area contributed by atoms with Crippen LogP contribution in [0.25, 0.3) is 0 Å². The van der Waals surface area contributed by atoms with Crippen molar-refractivity contribution in [2.24, 2.45) is 5.92 Å². The number of rotatable bonds is 5. The Bertz CT molecular complexity index is 858. The quantitative estimate of drug-likeness (QED) is 0.572. The zero-order valence-electron chi connectivity index (χ0n) is 16.6. The molecule has 0 bridgehead atoms. The number of aryl methyl sites for hydroxylation is 1. The zero-order chi connectivity index (χ0) is 20.3. The topological polar surface area (TPSA) is 67.3 Å². The van der Waals surface area contributed by atoms with Crippen LogP contribution in [0.15, 0.2) is 24.3 Å². The Morgan fingerprint density at radius 1 is 1.10 bits per heavy atom. The summed E-state index contributed by atoms with van der Waals surface area (Å²) in [7, 11) is 3.85. The number of esters is 1. The molecule has 2 aromatic rings. The zero-order valence-corrected chi connectivity index (χ0v) is 17.4. The maximum absolute atomic E-state index is 13.2. The summed E-state index contributed by atoms with van der Waals surface area (Å²) < 4.78 is 31.4. The first-order chi connectivity index (χ1) is 13.3. The van der Waals surface area contributed by atoms with Crippen LogP contribution in [0.2, 0.25) is 0 Å². The maximum atomic E-state index is 13.2. The minimum Gasteiger partial charge on any atom is -0.426 e. The molecule has 0 saturated heterocycles. The molecule has 0 atom stereocenters. The van der Waals surface area contributed by atoms with Crippen molar-refractivity contribution in [1.82, 2.24) is 9.97 Å². The lowest BCUT2D eigenvalue weighted by molar-refractivity contribution is -0.140. The lowest BCUT2D eigenvalue weighted by atomic mass is 9.86. The summed E-state index contributed by atoms with van der Waals surface area (Å²) in [6.45, 7) is 1.85. The van der Waals surface area contributed by atoms with Crippen LogP contribution in [-0.2, 0) is 4.79 Å². The van der Waals surface area contributed by atoms with Gasteiger partial charge in [0.05, 0.1) is 5.92 Å². The number of halogens is 3. The van der Waals surface area contributed by atoms with E-state index in [1.165, 1.54) is 6.07 Å². The number of ether oxygens (including phenoxy) is 1. The van der Waals surface area contributed by atoms with E-state index in [0.29, 0.717) is 18.7 Å². The lowest BCUT2D eigenvalue weighted by Gasteiger charge is -2.28. The number of carbonyl (C=O) groups is 1. The minimum absolute atomic E-state index is 0. The van der Waals surface area contributed by atoms with E-state index in [1.54, 1.807) is 0 Å². The van der Waals surface area contributed by atoms with Crippen LogP contribution in [-0.4, -0.2) is 36.1 Å². The van der Waals surface area contributed by atoms with Gasteiger partial charge in [-0.1, -0.05) is 0 Å². The lowest BCUT2D eigenvalue weighted by Crippen LogP contribution is -2.31. The standard InChI is InChI=1S/C20H24F2N4O2.ClH/c1-12-23-18(11-19(24-12)26(2)3)25-14-6-4-13(5-7-14)20(27)28-15-8-9-16(21)17(22)10-15;/h8-11,13-14H,4-7H2,1-3H3,(H,23,24,25);1H. The molecule has 0 aliphatic heterocycles. The van der Waals surface area contributed by atoms with Gasteiger partial charge in [0.1, 0.15) is 23.2 Å². The van der Waals surface area contributed by atoms with Crippen LogP contribution in [0.4, 0.5) is 20.4 Å². The molecule has 1 N–H and O–H groups in total. The summed E-state index contributed by atoms with van der Waals surface area (Å²) in [6, 6.07) is 5.20. The molecule has 1 heterocycles. The van der Waals surface area contributed by atoms with Gasteiger partial charge in [-0.25, -0.2) is 18.7 Å². The van der Waals surface area contributed by atoms with E-state index >= 15 is 0 Å². The van der Waals surface area contributed by atoms with Crippen molar-refractivity contribution >= 4 is 30.0 Å². The van der Waals surface area contributed by atoms with E-state index in [1.807, 2.05) is 32.0 Å². The fourth-order valence-electron chi connectivity index (χ4n) is 3.28. The monoisotopic (exact) mass is 426 g/mol.